The van der Waals surface area contributed by atoms with Gasteiger partial charge in [-0.3, -0.25) is 0 Å². The predicted octanol–water partition coefficient (Wildman–Crippen LogP) is 4.55. The predicted molar refractivity (Wildman–Crippen MR) is 85.8 cm³/mol. The van der Waals surface area contributed by atoms with E-state index in [9.17, 15) is 0 Å². The first kappa shape index (κ1) is 14.9. The summed E-state index contributed by atoms with van der Waals surface area (Å²) in [6, 6.07) is 8.02. The van der Waals surface area contributed by atoms with Crippen LogP contribution in [-0.2, 0) is 4.74 Å². The molecule has 3 nitrogen and oxygen atoms in total. The summed E-state index contributed by atoms with van der Waals surface area (Å²) in [5.41, 5.74) is 0.767. The molecule has 3 unspecified atom stereocenters. The molecule has 2 heterocycles. The van der Waals surface area contributed by atoms with E-state index in [0.29, 0.717) is 10.9 Å². The molecule has 0 saturated carbocycles. The van der Waals surface area contributed by atoms with Crippen molar-refractivity contribution in [2.45, 2.75) is 38.8 Å². The van der Waals surface area contributed by atoms with Crippen molar-refractivity contribution >= 4 is 22.6 Å². The summed E-state index contributed by atoms with van der Waals surface area (Å²) in [5.74, 6) is 1.45. The summed E-state index contributed by atoms with van der Waals surface area (Å²) < 4.78 is 12.0. The van der Waals surface area contributed by atoms with E-state index in [2.05, 4.69) is 25.2 Å². The van der Waals surface area contributed by atoms with Gasteiger partial charge < -0.3 is 14.5 Å². The molecule has 2 aromatic rings. The Balaban J connectivity index is 1.95. The van der Waals surface area contributed by atoms with Gasteiger partial charge in [-0.05, 0) is 37.4 Å². The molecule has 1 aromatic heterocycles. The lowest BCUT2D eigenvalue weighted by Gasteiger charge is -2.25. The molecule has 1 aliphatic heterocycles. The van der Waals surface area contributed by atoms with Crippen LogP contribution in [0.1, 0.15) is 38.5 Å². The Morgan fingerprint density at radius 2 is 2.29 bits per heavy atom. The fourth-order valence-corrected chi connectivity index (χ4v) is 3.24. The number of hydrogen-bond donors (Lipinski definition) is 1. The molecule has 3 rings (SSSR count). The Kier molecular flexibility index (Phi) is 4.53. The van der Waals surface area contributed by atoms with Gasteiger partial charge in [0.1, 0.15) is 5.76 Å². The zero-order valence-corrected chi connectivity index (χ0v) is 13.3. The Hall–Kier alpha value is -1.03. The standard InChI is InChI=1S/C17H22ClNO2/c1-3-8-19-15(16-11(2)7-9-20-16)14-10-12-5-4-6-13(18)17(12)21-14/h4-6,10-11,15-16,19H,3,7-9H2,1-2H3. The Labute approximate surface area is 130 Å². The largest absolute Gasteiger partial charge is 0.458 e. The smallest absolute Gasteiger partial charge is 0.152 e. The first-order valence-corrected chi connectivity index (χ1v) is 8.11. The maximum atomic E-state index is 6.22. The molecule has 1 aliphatic rings. The van der Waals surface area contributed by atoms with Crippen LogP contribution in [0.3, 0.4) is 0 Å². The summed E-state index contributed by atoms with van der Waals surface area (Å²) >= 11 is 6.22. The van der Waals surface area contributed by atoms with Crippen molar-refractivity contribution in [3.63, 3.8) is 0 Å². The number of nitrogens with one attached hydrogen (secondary N) is 1. The highest BCUT2D eigenvalue weighted by Crippen LogP contribution is 2.35. The Morgan fingerprint density at radius 1 is 1.43 bits per heavy atom. The third kappa shape index (κ3) is 2.96. The van der Waals surface area contributed by atoms with E-state index in [1.165, 1.54) is 0 Å². The van der Waals surface area contributed by atoms with E-state index in [1.54, 1.807) is 0 Å². The number of benzene rings is 1. The van der Waals surface area contributed by atoms with Crippen LogP contribution >= 0.6 is 11.6 Å². The number of ether oxygens (including phenoxy) is 1. The van der Waals surface area contributed by atoms with Gasteiger partial charge in [-0.2, -0.15) is 0 Å². The molecule has 0 radical (unpaired) electrons. The van der Waals surface area contributed by atoms with Crippen LogP contribution in [0, 0.1) is 5.92 Å². The normalized spacial score (nSPS) is 23.8. The lowest BCUT2D eigenvalue weighted by Crippen LogP contribution is -2.34. The van der Waals surface area contributed by atoms with E-state index in [-0.39, 0.29) is 12.1 Å². The molecule has 21 heavy (non-hydrogen) atoms. The summed E-state index contributed by atoms with van der Waals surface area (Å²) in [7, 11) is 0. The molecule has 4 heteroatoms. The monoisotopic (exact) mass is 307 g/mol. The SMILES string of the molecule is CCCNC(c1cc2cccc(Cl)c2o1)C1OCCC1C. The minimum Gasteiger partial charge on any atom is -0.458 e. The second-order valence-corrected chi connectivity index (χ2v) is 6.25. The zero-order valence-electron chi connectivity index (χ0n) is 12.6. The molecule has 0 aliphatic carbocycles. The summed E-state index contributed by atoms with van der Waals surface area (Å²) in [6.45, 7) is 6.19. The van der Waals surface area contributed by atoms with Gasteiger partial charge in [-0.1, -0.05) is 37.6 Å². The topological polar surface area (TPSA) is 34.4 Å². The van der Waals surface area contributed by atoms with Gasteiger partial charge >= 0.3 is 0 Å². The number of hydrogen-bond acceptors (Lipinski definition) is 3. The molecule has 114 valence electrons. The summed E-state index contributed by atoms with van der Waals surface area (Å²) in [4.78, 5) is 0. The van der Waals surface area contributed by atoms with Gasteiger partial charge in [0.05, 0.1) is 17.2 Å². The van der Waals surface area contributed by atoms with Crippen LogP contribution in [0.2, 0.25) is 5.02 Å². The van der Waals surface area contributed by atoms with Crippen LogP contribution in [0.25, 0.3) is 11.0 Å². The van der Waals surface area contributed by atoms with Crippen molar-refractivity contribution in [3.05, 3.63) is 35.0 Å². The summed E-state index contributed by atoms with van der Waals surface area (Å²) in [5, 5.41) is 5.28. The minimum absolute atomic E-state index is 0.0888. The average Bonchev–Trinajstić information content (AvgIpc) is 3.07. The maximum absolute atomic E-state index is 6.22. The lowest BCUT2D eigenvalue weighted by atomic mass is 9.95. The molecule has 1 aromatic carbocycles. The molecular weight excluding hydrogens is 286 g/mol. The van der Waals surface area contributed by atoms with Gasteiger partial charge in [0.15, 0.2) is 5.58 Å². The van der Waals surface area contributed by atoms with Crippen LogP contribution in [0.5, 0.6) is 0 Å². The van der Waals surface area contributed by atoms with Crippen LogP contribution in [0.15, 0.2) is 28.7 Å². The minimum atomic E-state index is 0.0888. The number of halogens is 1. The van der Waals surface area contributed by atoms with Crippen LogP contribution in [-0.4, -0.2) is 19.3 Å². The first-order chi connectivity index (χ1) is 10.2. The molecule has 0 spiro atoms. The average molecular weight is 308 g/mol. The fourth-order valence-electron chi connectivity index (χ4n) is 3.02. The lowest BCUT2D eigenvalue weighted by molar-refractivity contribution is 0.0544. The van der Waals surface area contributed by atoms with Crippen molar-refractivity contribution < 1.29 is 9.15 Å². The highest BCUT2D eigenvalue weighted by Gasteiger charge is 2.34. The van der Waals surface area contributed by atoms with Gasteiger partial charge in [-0.15, -0.1) is 0 Å². The molecular formula is C17H22ClNO2. The van der Waals surface area contributed by atoms with Crippen molar-refractivity contribution in [3.8, 4) is 0 Å². The van der Waals surface area contributed by atoms with Gasteiger partial charge in [-0.25, -0.2) is 0 Å². The van der Waals surface area contributed by atoms with Gasteiger partial charge in [0.25, 0.3) is 0 Å². The summed E-state index contributed by atoms with van der Waals surface area (Å²) in [6.07, 6.45) is 2.35. The van der Waals surface area contributed by atoms with E-state index in [1.807, 2.05) is 18.2 Å². The maximum Gasteiger partial charge on any atom is 0.152 e. The number of para-hydroxylation sites is 1. The van der Waals surface area contributed by atoms with E-state index < -0.39 is 0 Å². The van der Waals surface area contributed by atoms with E-state index in [0.717, 1.165) is 42.7 Å². The van der Waals surface area contributed by atoms with Crippen LogP contribution in [0.4, 0.5) is 0 Å². The highest BCUT2D eigenvalue weighted by molar-refractivity contribution is 6.34. The van der Waals surface area contributed by atoms with Crippen molar-refractivity contribution in [1.29, 1.82) is 0 Å². The van der Waals surface area contributed by atoms with Gasteiger partial charge in [0, 0.05) is 12.0 Å². The fraction of sp³-hybridized carbons (Fsp3) is 0.529. The molecule has 0 bridgehead atoms. The van der Waals surface area contributed by atoms with E-state index >= 15 is 0 Å². The second-order valence-electron chi connectivity index (χ2n) is 5.84. The Morgan fingerprint density at radius 3 is 2.95 bits per heavy atom. The molecule has 3 atom stereocenters. The van der Waals surface area contributed by atoms with Crippen molar-refractivity contribution in [2.24, 2.45) is 5.92 Å². The molecule has 1 N–H and O–H groups in total. The number of rotatable bonds is 5. The van der Waals surface area contributed by atoms with Crippen molar-refractivity contribution in [2.75, 3.05) is 13.2 Å². The molecule has 1 saturated heterocycles. The third-order valence-electron chi connectivity index (χ3n) is 4.21. The number of furan rings is 1. The van der Waals surface area contributed by atoms with Crippen molar-refractivity contribution in [1.82, 2.24) is 5.32 Å². The molecule has 0 amide bonds. The number of fused-ring (bicyclic) bond motifs is 1. The van der Waals surface area contributed by atoms with Gasteiger partial charge in [0.2, 0.25) is 0 Å². The Bertz CT molecular complexity index is 610. The second kappa shape index (κ2) is 6.39. The zero-order chi connectivity index (χ0) is 14.8. The van der Waals surface area contributed by atoms with E-state index in [4.69, 9.17) is 20.8 Å². The third-order valence-corrected chi connectivity index (χ3v) is 4.51. The quantitative estimate of drug-likeness (QED) is 0.880. The molecule has 1 fully saturated rings. The first-order valence-electron chi connectivity index (χ1n) is 7.73. The highest BCUT2D eigenvalue weighted by atomic mass is 35.5. The van der Waals surface area contributed by atoms with Crippen LogP contribution < -0.4 is 5.32 Å².